The van der Waals surface area contributed by atoms with Crippen molar-refractivity contribution in [3.05, 3.63) is 53.8 Å². The Balaban J connectivity index is 1.98. The monoisotopic (exact) mass is 329 g/mol. The molecule has 2 rings (SSSR count). The zero-order chi connectivity index (χ0) is 11.4. The fourth-order valence-electron chi connectivity index (χ4n) is 1.29. The summed E-state index contributed by atoms with van der Waals surface area (Å²) in [4.78, 5) is 8.57. The van der Waals surface area contributed by atoms with Crippen LogP contribution in [0.25, 0.3) is 5.43 Å². The van der Waals surface area contributed by atoms with Gasteiger partial charge in [0.05, 0.1) is 0 Å². The zero-order valence-electron chi connectivity index (χ0n) is 9.26. The molecule has 86 valence electrons. The van der Waals surface area contributed by atoms with Gasteiger partial charge in [-0.05, 0) is 0 Å². The Morgan fingerprint density at radius 3 is 2.81 bits per heavy atom. The molecule has 1 N–H and O–H groups in total. The van der Waals surface area contributed by atoms with Crippen LogP contribution in [0.3, 0.4) is 0 Å². The number of rotatable bonds is 3. The van der Waals surface area contributed by atoms with E-state index in [2.05, 4.69) is 35.4 Å². The molecule has 0 aromatic carbocycles. The number of halogens is 1. The summed E-state index contributed by atoms with van der Waals surface area (Å²) < 4.78 is 1.62. The summed E-state index contributed by atoms with van der Waals surface area (Å²) in [6.07, 6.45) is 9.66. The third-order valence-electron chi connectivity index (χ3n) is 2.10. The first-order chi connectivity index (χ1) is 7.75. The van der Waals surface area contributed by atoms with Gasteiger partial charge in [-0.3, -0.25) is 0 Å². The average Bonchev–Trinajstić information content (AvgIpc) is 2.30. The van der Waals surface area contributed by atoms with Crippen molar-refractivity contribution < 1.29 is 24.7 Å². The summed E-state index contributed by atoms with van der Waals surface area (Å²) >= 11 is -0.168. The molecule has 0 fully saturated rings. The van der Waals surface area contributed by atoms with Crippen LogP contribution in [0.1, 0.15) is 23.6 Å². The molecule has 0 radical (unpaired) electrons. The molecule has 0 saturated heterocycles. The Hall–Kier alpha value is -0.950. The summed E-state index contributed by atoms with van der Waals surface area (Å²) in [7, 11) is 0. The Kier molecular flexibility index (Phi) is 3.89. The van der Waals surface area contributed by atoms with Gasteiger partial charge in [0.25, 0.3) is 0 Å². The molecule has 4 nitrogen and oxygen atoms in total. The van der Waals surface area contributed by atoms with Crippen LogP contribution in [-0.4, -0.2) is 9.97 Å². The molecular weight excluding hydrogens is 315 g/mol. The second kappa shape index (κ2) is 5.40. The van der Waals surface area contributed by atoms with E-state index in [4.69, 9.17) is 0 Å². The quantitative estimate of drug-likeness (QED) is 0.402. The molecule has 2 atom stereocenters. The fourth-order valence-corrected chi connectivity index (χ4v) is 3.84. The standard InChI is InChI=1S/C11H14IN4/c1-9-4-7-15-16(8-9)12-10(2)11-13-5-3-6-14-11/h3-8,10,16H,1-2H3/q-1. The molecule has 0 saturated carbocycles. The van der Waals surface area contributed by atoms with Crippen LogP contribution in [0.15, 0.2) is 42.5 Å². The second-order valence-corrected chi connectivity index (χ2v) is 7.08. The van der Waals surface area contributed by atoms with Crippen molar-refractivity contribution in [1.82, 2.24) is 9.97 Å². The van der Waals surface area contributed by atoms with E-state index in [-0.39, 0.29) is 21.5 Å². The number of aromatic nitrogens is 2. The van der Waals surface area contributed by atoms with Crippen molar-refractivity contribution in [3.8, 4) is 0 Å². The molecule has 1 aliphatic rings. The van der Waals surface area contributed by atoms with E-state index in [0.29, 0.717) is 3.92 Å². The molecule has 0 amide bonds. The van der Waals surface area contributed by atoms with Crippen molar-refractivity contribution in [1.29, 1.82) is 0 Å². The first-order valence-electron chi connectivity index (χ1n) is 5.08. The molecule has 1 aromatic rings. The van der Waals surface area contributed by atoms with Crippen molar-refractivity contribution in [2.45, 2.75) is 17.8 Å². The van der Waals surface area contributed by atoms with E-state index in [1.54, 1.807) is 12.4 Å². The summed E-state index contributed by atoms with van der Waals surface area (Å²) in [6, 6.07) is 1.85. The number of nitrogens with one attached hydrogen (secondary N) is 1. The topological polar surface area (TPSA) is 44.3 Å². The van der Waals surface area contributed by atoms with Crippen LogP contribution in [0.5, 0.6) is 0 Å². The number of alkyl halides is 1. The van der Waals surface area contributed by atoms with Crippen molar-refractivity contribution in [2.24, 2.45) is 0 Å². The van der Waals surface area contributed by atoms with Gasteiger partial charge in [0.2, 0.25) is 0 Å². The second-order valence-electron chi connectivity index (χ2n) is 3.49. The first-order valence-corrected chi connectivity index (χ1v) is 7.41. The summed E-state index contributed by atoms with van der Waals surface area (Å²) in [5.74, 6) is 0.929. The van der Waals surface area contributed by atoms with E-state index in [9.17, 15) is 0 Å². The average molecular weight is 329 g/mol. The van der Waals surface area contributed by atoms with E-state index in [1.807, 2.05) is 18.3 Å². The van der Waals surface area contributed by atoms with E-state index < -0.39 is 0 Å². The Morgan fingerprint density at radius 1 is 1.38 bits per heavy atom. The predicted molar refractivity (Wildman–Crippen MR) is 57.7 cm³/mol. The van der Waals surface area contributed by atoms with Gasteiger partial charge in [-0.1, -0.05) is 0 Å². The normalized spacial score (nSPS) is 21.4. The van der Waals surface area contributed by atoms with Gasteiger partial charge in [-0.2, -0.15) is 0 Å². The van der Waals surface area contributed by atoms with Crippen LogP contribution >= 0.6 is 0 Å². The SMILES string of the molecule is CC1=C[NH+]([I-]C(C)c2ncccn2)[N-]C=C1. The number of allylic oxidation sites excluding steroid dienone is 2. The maximum absolute atomic E-state index is 4.40. The van der Waals surface area contributed by atoms with Crippen LogP contribution in [-0.2, 0) is 0 Å². The Labute approximate surface area is 106 Å². The maximum atomic E-state index is 4.40. The van der Waals surface area contributed by atoms with Gasteiger partial charge < -0.3 is 0 Å². The molecule has 0 bridgehead atoms. The summed E-state index contributed by atoms with van der Waals surface area (Å²) in [6.45, 7) is 4.27. The molecule has 16 heavy (non-hydrogen) atoms. The molecule has 0 spiro atoms. The van der Waals surface area contributed by atoms with Gasteiger partial charge in [0, 0.05) is 0 Å². The number of hydrogen-bond acceptors (Lipinski definition) is 2. The molecule has 5 heteroatoms. The van der Waals surface area contributed by atoms with Gasteiger partial charge >= 0.3 is 106 Å². The first kappa shape index (κ1) is 11.5. The van der Waals surface area contributed by atoms with Gasteiger partial charge in [0.1, 0.15) is 0 Å². The van der Waals surface area contributed by atoms with Crippen LogP contribution in [0.2, 0.25) is 0 Å². The van der Waals surface area contributed by atoms with Crippen LogP contribution in [0.4, 0.5) is 0 Å². The minimum absolute atomic E-state index is 0.168. The zero-order valence-corrected chi connectivity index (χ0v) is 11.4. The minimum atomic E-state index is -0.168. The van der Waals surface area contributed by atoms with Crippen molar-refractivity contribution in [2.75, 3.05) is 0 Å². The summed E-state index contributed by atoms with van der Waals surface area (Å²) in [5.41, 5.74) is 5.67. The number of hydrogen-bond donors (Lipinski definition) is 1. The third-order valence-corrected chi connectivity index (χ3v) is 4.82. The van der Waals surface area contributed by atoms with Gasteiger partial charge in [-0.25, -0.2) is 0 Å². The molecule has 1 aromatic heterocycles. The van der Waals surface area contributed by atoms with E-state index in [0.717, 1.165) is 5.82 Å². The van der Waals surface area contributed by atoms with Crippen molar-refractivity contribution in [3.63, 3.8) is 0 Å². The van der Waals surface area contributed by atoms with Crippen LogP contribution in [0, 0.1) is 0 Å². The predicted octanol–water partition coefficient (Wildman–Crippen LogP) is -1.85. The molecule has 2 heterocycles. The number of nitrogens with zero attached hydrogens (tertiary/aromatic N) is 3. The van der Waals surface area contributed by atoms with E-state index in [1.165, 1.54) is 8.80 Å². The molecule has 0 aliphatic carbocycles. The van der Waals surface area contributed by atoms with Gasteiger partial charge in [-0.15, -0.1) is 0 Å². The number of quaternary nitrogens is 1. The molecule has 1 aliphatic heterocycles. The van der Waals surface area contributed by atoms with Gasteiger partial charge in [0.15, 0.2) is 0 Å². The van der Waals surface area contributed by atoms with E-state index >= 15 is 0 Å². The Morgan fingerprint density at radius 2 is 2.12 bits per heavy atom. The van der Waals surface area contributed by atoms with Crippen molar-refractivity contribution >= 4 is 0 Å². The summed E-state index contributed by atoms with van der Waals surface area (Å²) in [5, 5.41) is 0. The van der Waals surface area contributed by atoms with Crippen LogP contribution < -0.4 is 24.7 Å². The fraction of sp³-hybridized carbons (Fsp3) is 0.273. The molecular formula is C11H14IN4-. The third kappa shape index (κ3) is 3.02. The Bertz CT molecular complexity index is 402. The molecule has 2 unspecified atom stereocenters.